The minimum Gasteiger partial charge on any atom is -0.246 e. The SMILES string of the molecule is Cc1ccc(-n2c(=O)n(-c3ccc(N=C=O)cc3)c(=O)n(-c3ccc(N=C=O)cc3)c2=O)cc1. The van der Waals surface area contributed by atoms with E-state index in [9.17, 15) is 24.0 Å². The lowest BCUT2D eigenvalue weighted by atomic mass is 10.2. The summed E-state index contributed by atoms with van der Waals surface area (Å²) in [4.78, 5) is 68.2. The van der Waals surface area contributed by atoms with Crippen LogP contribution in [0.25, 0.3) is 17.1 Å². The number of rotatable bonds is 5. The molecule has 4 rings (SSSR count). The predicted molar refractivity (Wildman–Crippen MR) is 124 cm³/mol. The molecule has 0 saturated heterocycles. The molecule has 0 aliphatic heterocycles. The van der Waals surface area contributed by atoms with Crippen molar-refractivity contribution in [3.05, 3.63) is 110 Å². The first kappa shape index (κ1) is 22.0. The Bertz CT molecular complexity index is 1550. The van der Waals surface area contributed by atoms with Gasteiger partial charge in [-0.3, -0.25) is 0 Å². The molecule has 0 radical (unpaired) electrons. The van der Waals surface area contributed by atoms with Crippen LogP contribution in [0.2, 0.25) is 0 Å². The summed E-state index contributed by atoms with van der Waals surface area (Å²) >= 11 is 0. The highest BCUT2D eigenvalue weighted by Gasteiger charge is 2.19. The molecule has 0 aliphatic rings. The monoisotopic (exact) mass is 453 g/mol. The Kier molecular flexibility index (Phi) is 5.92. The Morgan fingerprint density at radius 3 is 1.12 bits per heavy atom. The standard InChI is InChI=1S/C24H15N5O5/c1-16-2-8-19(9-3-16)27-22(32)28(20-10-4-17(5-11-20)25-14-30)24(34)29(23(27)33)21-12-6-18(7-13-21)26-15-31/h2-13H,1H3. The number of nitrogens with zero attached hydrogens (tertiary/aromatic N) is 5. The lowest BCUT2D eigenvalue weighted by molar-refractivity contribution is 0.564. The van der Waals surface area contributed by atoms with Gasteiger partial charge in [0.05, 0.1) is 28.4 Å². The first-order valence-electron chi connectivity index (χ1n) is 9.89. The quantitative estimate of drug-likeness (QED) is 0.339. The molecule has 0 unspecified atom stereocenters. The van der Waals surface area contributed by atoms with E-state index in [4.69, 9.17) is 0 Å². The first-order valence-corrected chi connectivity index (χ1v) is 9.89. The van der Waals surface area contributed by atoms with Crippen LogP contribution < -0.4 is 17.1 Å². The van der Waals surface area contributed by atoms with Crippen LogP contribution in [0.1, 0.15) is 5.56 Å². The second-order valence-corrected chi connectivity index (χ2v) is 7.13. The zero-order valence-electron chi connectivity index (χ0n) is 17.7. The molecule has 0 aliphatic carbocycles. The normalized spacial score (nSPS) is 10.3. The molecule has 0 atom stereocenters. The smallest absolute Gasteiger partial charge is 0.246 e. The lowest BCUT2D eigenvalue weighted by Crippen LogP contribution is -2.52. The number of benzene rings is 3. The van der Waals surface area contributed by atoms with Crippen molar-refractivity contribution in [2.75, 3.05) is 0 Å². The van der Waals surface area contributed by atoms with Crippen molar-refractivity contribution in [2.24, 2.45) is 9.98 Å². The molecule has 166 valence electrons. The summed E-state index contributed by atoms with van der Waals surface area (Å²) in [5, 5.41) is 0. The third-order valence-electron chi connectivity index (χ3n) is 5.01. The predicted octanol–water partition coefficient (Wildman–Crippen LogP) is 2.38. The van der Waals surface area contributed by atoms with Crippen LogP contribution in [0.4, 0.5) is 11.4 Å². The maximum Gasteiger partial charge on any atom is 0.345 e. The molecule has 0 bridgehead atoms. The molecule has 1 heterocycles. The van der Waals surface area contributed by atoms with Crippen molar-refractivity contribution in [3.8, 4) is 17.1 Å². The van der Waals surface area contributed by atoms with Gasteiger partial charge in [0.15, 0.2) is 0 Å². The highest BCUT2D eigenvalue weighted by atomic mass is 16.2. The highest BCUT2D eigenvalue weighted by Crippen LogP contribution is 2.15. The van der Waals surface area contributed by atoms with Gasteiger partial charge in [-0.1, -0.05) is 17.7 Å². The van der Waals surface area contributed by atoms with Gasteiger partial charge in [0.2, 0.25) is 12.2 Å². The fraction of sp³-hybridized carbons (Fsp3) is 0.0417. The third kappa shape index (κ3) is 4.01. The van der Waals surface area contributed by atoms with Crippen molar-refractivity contribution in [1.29, 1.82) is 0 Å². The molecule has 10 nitrogen and oxygen atoms in total. The topological polar surface area (TPSA) is 125 Å². The van der Waals surface area contributed by atoms with E-state index in [1.807, 2.05) is 6.92 Å². The fourth-order valence-corrected chi connectivity index (χ4v) is 3.36. The van der Waals surface area contributed by atoms with Crippen LogP contribution in [0.15, 0.2) is 97.2 Å². The number of isocyanates is 2. The van der Waals surface area contributed by atoms with Crippen molar-refractivity contribution in [2.45, 2.75) is 6.92 Å². The van der Waals surface area contributed by atoms with E-state index >= 15 is 0 Å². The van der Waals surface area contributed by atoms with E-state index in [0.29, 0.717) is 0 Å². The number of carbonyl (C=O) groups excluding carboxylic acids is 2. The van der Waals surface area contributed by atoms with Gasteiger partial charge >= 0.3 is 17.1 Å². The van der Waals surface area contributed by atoms with Crippen LogP contribution >= 0.6 is 0 Å². The van der Waals surface area contributed by atoms with Crippen molar-refractivity contribution in [3.63, 3.8) is 0 Å². The first-order chi connectivity index (χ1) is 16.4. The van der Waals surface area contributed by atoms with Gasteiger partial charge in [-0.05, 0) is 67.6 Å². The summed E-state index contributed by atoms with van der Waals surface area (Å²) in [6.45, 7) is 1.86. The molecule has 4 aromatic rings. The van der Waals surface area contributed by atoms with Crippen LogP contribution in [0, 0.1) is 6.92 Å². The molecular formula is C24H15N5O5. The van der Waals surface area contributed by atoms with Gasteiger partial charge in [0.25, 0.3) is 0 Å². The highest BCUT2D eigenvalue weighted by molar-refractivity contribution is 5.53. The molecule has 10 heteroatoms. The zero-order chi connectivity index (χ0) is 24.2. The van der Waals surface area contributed by atoms with Gasteiger partial charge in [-0.15, -0.1) is 0 Å². The minimum absolute atomic E-state index is 0.164. The summed E-state index contributed by atoms with van der Waals surface area (Å²) in [7, 11) is 0. The largest absolute Gasteiger partial charge is 0.345 e. The Morgan fingerprint density at radius 1 is 0.529 bits per heavy atom. The molecular weight excluding hydrogens is 438 g/mol. The molecule has 0 saturated carbocycles. The van der Waals surface area contributed by atoms with Crippen LogP contribution in [-0.2, 0) is 9.59 Å². The zero-order valence-corrected chi connectivity index (χ0v) is 17.7. The van der Waals surface area contributed by atoms with E-state index in [1.54, 1.807) is 24.3 Å². The van der Waals surface area contributed by atoms with E-state index in [1.165, 1.54) is 60.7 Å². The second-order valence-electron chi connectivity index (χ2n) is 7.13. The van der Waals surface area contributed by atoms with Gasteiger partial charge in [-0.25, -0.2) is 37.7 Å². The fourth-order valence-electron chi connectivity index (χ4n) is 3.36. The Balaban J connectivity index is 2.06. The maximum absolute atomic E-state index is 13.4. The average molecular weight is 453 g/mol. The van der Waals surface area contributed by atoms with Gasteiger partial charge in [-0.2, -0.15) is 9.98 Å². The number of aromatic nitrogens is 3. The van der Waals surface area contributed by atoms with Gasteiger partial charge in [0.1, 0.15) is 0 Å². The van der Waals surface area contributed by atoms with Gasteiger partial charge in [0, 0.05) is 0 Å². The van der Waals surface area contributed by atoms with Gasteiger partial charge < -0.3 is 0 Å². The molecule has 0 amide bonds. The third-order valence-corrected chi connectivity index (χ3v) is 5.01. The lowest BCUT2D eigenvalue weighted by Gasteiger charge is -2.14. The van der Waals surface area contributed by atoms with Crippen molar-refractivity contribution in [1.82, 2.24) is 13.7 Å². The number of aliphatic imine (C=N–C) groups is 2. The molecule has 3 aromatic carbocycles. The molecule has 1 aromatic heterocycles. The van der Waals surface area contributed by atoms with Crippen molar-refractivity contribution >= 4 is 23.5 Å². The summed E-state index contributed by atoms with van der Waals surface area (Å²) in [5.74, 6) is 0. The summed E-state index contributed by atoms with van der Waals surface area (Å²) in [5.41, 5.74) is -0.566. The van der Waals surface area contributed by atoms with E-state index < -0.39 is 17.1 Å². The molecule has 0 spiro atoms. The Hall–Kier alpha value is -5.17. The summed E-state index contributed by atoms with van der Waals surface area (Å²) < 4.78 is 2.57. The molecule has 0 N–H and O–H groups in total. The Labute approximate surface area is 191 Å². The summed E-state index contributed by atoms with van der Waals surface area (Å²) in [6, 6.07) is 18.1. The number of hydrogen-bond acceptors (Lipinski definition) is 7. The van der Waals surface area contributed by atoms with Crippen molar-refractivity contribution < 1.29 is 9.59 Å². The minimum atomic E-state index is -0.906. The summed E-state index contributed by atoms with van der Waals surface area (Å²) in [6.07, 6.45) is 2.83. The Morgan fingerprint density at radius 2 is 0.824 bits per heavy atom. The molecule has 0 fully saturated rings. The van der Waals surface area contributed by atoms with E-state index in [-0.39, 0.29) is 28.4 Å². The van der Waals surface area contributed by atoms with E-state index in [0.717, 1.165) is 19.3 Å². The number of hydrogen-bond donors (Lipinski definition) is 0. The second kappa shape index (κ2) is 9.13. The maximum atomic E-state index is 13.4. The van der Waals surface area contributed by atoms with Crippen LogP contribution in [0.3, 0.4) is 0 Å². The van der Waals surface area contributed by atoms with Crippen LogP contribution in [-0.4, -0.2) is 25.9 Å². The average Bonchev–Trinajstić information content (AvgIpc) is 2.83. The van der Waals surface area contributed by atoms with E-state index in [2.05, 4.69) is 9.98 Å². The number of aryl methyl sites for hydroxylation is 1. The molecule has 34 heavy (non-hydrogen) atoms. The van der Waals surface area contributed by atoms with Crippen LogP contribution in [0.5, 0.6) is 0 Å².